The van der Waals surface area contributed by atoms with Crippen LogP contribution in [0.2, 0.25) is 5.02 Å². The van der Waals surface area contributed by atoms with Crippen LogP contribution >= 0.6 is 11.6 Å². The predicted molar refractivity (Wildman–Crippen MR) is 129 cm³/mol. The van der Waals surface area contributed by atoms with E-state index in [1.807, 2.05) is 0 Å². The highest BCUT2D eigenvalue weighted by Gasteiger charge is 2.29. The molecule has 34 heavy (non-hydrogen) atoms. The van der Waals surface area contributed by atoms with Crippen LogP contribution < -0.4 is 20.1 Å². The molecule has 1 amide bonds. The molecular weight excluding hydrogens is 463 g/mol. The standard InChI is InChI=1S/C23H24ClFN6O3/c1-23(2,22(32)26-6-5-25)31-21-14-8-17(33-3)18(34-4)9-16(14)29-20(30-21)15-11-28-19-13(15)7-12(24)10-27-19/h7-11H,5-6H2,1-4H3,(H,26,32)(H,27,28)(H,29,30,31). The number of hydrogen-bond donors (Lipinski definition) is 3. The molecule has 0 fully saturated rings. The molecule has 0 saturated heterocycles. The minimum Gasteiger partial charge on any atom is -0.493 e. The number of anilines is 1. The number of alkyl halides is 1. The zero-order valence-corrected chi connectivity index (χ0v) is 19.9. The van der Waals surface area contributed by atoms with Crippen LogP contribution in [0, 0.1) is 0 Å². The first-order chi connectivity index (χ1) is 16.3. The first-order valence-electron chi connectivity index (χ1n) is 10.5. The third-order valence-electron chi connectivity index (χ3n) is 5.32. The lowest BCUT2D eigenvalue weighted by molar-refractivity contribution is -0.124. The Bertz CT molecular complexity index is 1370. The summed E-state index contributed by atoms with van der Waals surface area (Å²) in [6.45, 7) is 2.64. The third-order valence-corrected chi connectivity index (χ3v) is 5.52. The van der Waals surface area contributed by atoms with Crippen LogP contribution in [-0.2, 0) is 4.79 Å². The van der Waals surface area contributed by atoms with Crippen molar-refractivity contribution in [2.24, 2.45) is 0 Å². The normalized spacial score (nSPS) is 11.6. The molecule has 178 valence electrons. The summed E-state index contributed by atoms with van der Waals surface area (Å²) in [4.78, 5) is 29.5. The zero-order valence-electron chi connectivity index (χ0n) is 19.1. The minimum absolute atomic E-state index is 0.0756. The summed E-state index contributed by atoms with van der Waals surface area (Å²) in [7, 11) is 3.07. The van der Waals surface area contributed by atoms with Crippen LogP contribution in [-0.4, -0.2) is 58.8 Å². The van der Waals surface area contributed by atoms with E-state index in [-0.39, 0.29) is 12.5 Å². The summed E-state index contributed by atoms with van der Waals surface area (Å²) in [6, 6.07) is 5.25. The van der Waals surface area contributed by atoms with Crippen LogP contribution in [0.5, 0.6) is 11.5 Å². The van der Waals surface area contributed by atoms with Crippen LogP contribution in [0.25, 0.3) is 33.3 Å². The van der Waals surface area contributed by atoms with Gasteiger partial charge in [-0.15, -0.1) is 0 Å². The lowest BCUT2D eigenvalue weighted by atomic mass is 10.0. The molecule has 3 N–H and O–H groups in total. The number of carbonyl (C=O) groups is 1. The van der Waals surface area contributed by atoms with Gasteiger partial charge in [-0.05, 0) is 26.0 Å². The van der Waals surface area contributed by atoms with Gasteiger partial charge < -0.3 is 25.1 Å². The fraction of sp³-hybridized carbons (Fsp3) is 0.304. The highest BCUT2D eigenvalue weighted by Crippen LogP contribution is 2.37. The van der Waals surface area contributed by atoms with Crippen molar-refractivity contribution in [2.75, 3.05) is 32.8 Å². The molecule has 3 aromatic heterocycles. The fourth-order valence-corrected chi connectivity index (χ4v) is 3.73. The Morgan fingerprint density at radius 1 is 1.15 bits per heavy atom. The molecule has 0 radical (unpaired) electrons. The molecule has 0 aliphatic heterocycles. The van der Waals surface area contributed by atoms with Crippen molar-refractivity contribution in [1.29, 1.82) is 0 Å². The molecular formula is C23H24ClFN6O3. The molecule has 0 atom stereocenters. The molecule has 4 rings (SSSR count). The van der Waals surface area contributed by atoms with Gasteiger partial charge in [0.05, 0.1) is 24.8 Å². The number of methoxy groups -OCH3 is 2. The highest BCUT2D eigenvalue weighted by atomic mass is 35.5. The van der Waals surface area contributed by atoms with E-state index in [2.05, 4.69) is 20.6 Å². The number of amides is 1. The second-order valence-corrected chi connectivity index (χ2v) is 8.50. The fourth-order valence-electron chi connectivity index (χ4n) is 3.57. The monoisotopic (exact) mass is 486 g/mol. The summed E-state index contributed by atoms with van der Waals surface area (Å²) >= 11 is 6.17. The summed E-state index contributed by atoms with van der Waals surface area (Å²) in [6.07, 6.45) is 3.30. The van der Waals surface area contributed by atoms with Crippen LogP contribution in [0.4, 0.5) is 10.2 Å². The van der Waals surface area contributed by atoms with Gasteiger partial charge in [-0.1, -0.05) is 11.6 Å². The molecule has 9 nitrogen and oxygen atoms in total. The molecule has 1 aromatic carbocycles. The first-order valence-corrected chi connectivity index (χ1v) is 10.8. The number of fused-ring (bicyclic) bond motifs is 2. The van der Waals surface area contributed by atoms with Crippen molar-refractivity contribution in [3.63, 3.8) is 0 Å². The van der Waals surface area contributed by atoms with Gasteiger partial charge in [0, 0.05) is 41.3 Å². The lowest BCUT2D eigenvalue weighted by Gasteiger charge is -2.26. The van der Waals surface area contributed by atoms with E-state index >= 15 is 0 Å². The molecule has 0 aliphatic carbocycles. The number of nitrogens with one attached hydrogen (secondary N) is 3. The summed E-state index contributed by atoms with van der Waals surface area (Å²) in [5.41, 5.74) is 0.779. The van der Waals surface area contributed by atoms with Gasteiger partial charge in [0.1, 0.15) is 23.7 Å². The Balaban J connectivity index is 1.91. The van der Waals surface area contributed by atoms with Gasteiger partial charge in [0.25, 0.3) is 0 Å². The van der Waals surface area contributed by atoms with E-state index in [1.54, 1.807) is 44.4 Å². The first kappa shape index (κ1) is 23.5. The predicted octanol–water partition coefficient (Wildman–Crippen LogP) is 4.12. The number of carbonyl (C=O) groups excluding carboxylic acids is 1. The lowest BCUT2D eigenvalue weighted by Crippen LogP contribution is -2.48. The van der Waals surface area contributed by atoms with Crippen molar-refractivity contribution < 1.29 is 18.7 Å². The maximum absolute atomic E-state index is 12.7. The number of aromatic amines is 1. The number of halogens is 2. The molecule has 0 bridgehead atoms. The van der Waals surface area contributed by atoms with Crippen LogP contribution in [0.15, 0.2) is 30.6 Å². The number of pyridine rings is 1. The van der Waals surface area contributed by atoms with E-state index in [9.17, 15) is 9.18 Å². The Morgan fingerprint density at radius 3 is 2.59 bits per heavy atom. The maximum Gasteiger partial charge on any atom is 0.245 e. The van der Waals surface area contributed by atoms with E-state index in [4.69, 9.17) is 31.0 Å². The molecule has 3 heterocycles. The van der Waals surface area contributed by atoms with E-state index < -0.39 is 12.2 Å². The molecule has 0 spiro atoms. The van der Waals surface area contributed by atoms with Crippen LogP contribution in [0.3, 0.4) is 0 Å². The van der Waals surface area contributed by atoms with Gasteiger partial charge in [-0.3, -0.25) is 4.79 Å². The summed E-state index contributed by atoms with van der Waals surface area (Å²) in [5, 5.41) is 7.59. The maximum atomic E-state index is 12.7. The van der Waals surface area contributed by atoms with Crippen molar-refractivity contribution in [1.82, 2.24) is 25.3 Å². The average molecular weight is 487 g/mol. The number of aromatic nitrogens is 4. The zero-order chi connectivity index (χ0) is 24.5. The number of benzene rings is 1. The van der Waals surface area contributed by atoms with Crippen molar-refractivity contribution >= 4 is 45.3 Å². The Hall–Kier alpha value is -3.66. The van der Waals surface area contributed by atoms with Gasteiger partial charge in [-0.25, -0.2) is 19.3 Å². The van der Waals surface area contributed by atoms with E-state index in [0.717, 1.165) is 5.39 Å². The highest BCUT2D eigenvalue weighted by molar-refractivity contribution is 6.31. The number of ether oxygens (including phenoxy) is 2. The molecule has 4 aromatic rings. The molecule has 0 aliphatic rings. The summed E-state index contributed by atoms with van der Waals surface area (Å²) < 4.78 is 23.5. The van der Waals surface area contributed by atoms with Crippen molar-refractivity contribution in [3.8, 4) is 22.9 Å². The van der Waals surface area contributed by atoms with E-state index in [1.165, 1.54) is 14.2 Å². The van der Waals surface area contributed by atoms with Gasteiger partial charge >= 0.3 is 0 Å². The quantitative estimate of drug-likeness (QED) is 0.343. The topological polar surface area (TPSA) is 114 Å². The Morgan fingerprint density at radius 2 is 1.88 bits per heavy atom. The molecule has 0 saturated carbocycles. The third kappa shape index (κ3) is 4.41. The van der Waals surface area contributed by atoms with Gasteiger partial charge in [-0.2, -0.15) is 0 Å². The van der Waals surface area contributed by atoms with Crippen molar-refractivity contribution in [3.05, 3.63) is 35.6 Å². The largest absolute Gasteiger partial charge is 0.493 e. The minimum atomic E-state index is -1.11. The van der Waals surface area contributed by atoms with E-state index in [0.29, 0.717) is 50.3 Å². The number of nitrogens with zero attached hydrogens (tertiary/aromatic N) is 3. The number of H-pyrrole nitrogens is 1. The SMILES string of the molecule is COc1cc2nc(-c3c[nH]c4ncc(Cl)cc34)nc(NC(C)(C)C(=O)NCCF)c2cc1OC. The second-order valence-electron chi connectivity index (χ2n) is 8.07. The molecule has 11 heteroatoms. The van der Waals surface area contributed by atoms with Gasteiger partial charge in [0.15, 0.2) is 17.3 Å². The Labute approximate surface area is 200 Å². The summed E-state index contributed by atoms with van der Waals surface area (Å²) in [5.74, 6) is 1.39. The average Bonchev–Trinajstić information content (AvgIpc) is 3.24. The number of rotatable bonds is 8. The van der Waals surface area contributed by atoms with Gasteiger partial charge in [0.2, 0.25) is 5.91 Å². The number of hydrogen-bond acceptors (Lipinski definition) is 7. The molecule has 0 unspecified atom stereocenters. The second kappa shape index (κ2) is 9.30. The van der Waals surface area contributed by atoms with Crippen LogP contribution in [0.1, 0.15) is 13.8 Å². The van der Waals surface area contributed by atoms with Crippen molar-refractivity contribution in [2.45, 2.75) is 19.4 Å². The Kier molecular flexibility index (Phi) is 6.43. The smallest absolute Gasteiger partial charge is 0.245 e.